The van der Waals surface area contributed by atoms with Gasteiger partial charge < -0.3 is 10.6 Å². The highest BCUT2D eigenvalue weighted by atomic mass is 35.5. The Bertz CT molecular complexity index is 679. The predicted molar refractivity (Wildman–Crippen MR) is 85.0 cm³/mol. The third kappa shape index (κ3) is 4.49. The van der Waals surface area contributed by atoms with Crippen LogP contribution in [0.15, 0.2) is 36.4 Å². The molecule has 0 fully saturated rings. The van der Waals surface area contributed by atoms with E-state index in [1.807, 2.05) is 0 Å². The highest BCUT2D eigenvalue weighted by molar-refractivity contribution is 6.35. The summed E-state index contributed by atoms with van der Waals surface area (Å²) in [6.07, 6.45) is 0. The number of carbonyl (C=O) groups is 1. The zero-order chi connectivity index (χ0) is 15.4. The van der Waals surface area contributed by atoms with E-state index in [4.69, 9.17) is 34.8 Å². The summed E-state index contributed by atoms with van der Waals surface area (Å²) in [5.74, 6) is -0.868. The first kappa shape index (κ1) is 15.9. The predicted octanol–water partition coefficient (Wildman–Crippen LogP) is 4.84. The number of carbonyl (C=O) groups excluding carboxylic acids is 1. The lowest BCUT2D eigenvalue weighted by atomic mass is 10.3. The molecule has 0 unspecified atom stereocenters. The van der Waals surface area contributed by atoms with Crippen LogP contribution in [0.5, 0.6) is 0 Å². The van der Waals surface area contributed by atoms with Crippen molar-refractivity contribution in [1.29, 1.82) is 0 Å². The van der Waals surface area contributed by atoms with E-state index in [2.05, 4.69) is 10.6 Å². The molecule has 0 bridgehead atoms. The van der Waals surface area contributed by atoms with E-state index in [9.17, 15) is 9.18 Å². The Morgan fingerprint density at radius 1 is 1.05 bits per heavy atom. The molecule has 2 N–H and O–H groups in total. The van der Waals surface area contributed by atoms with Crippen LogP contribution < -0.4 is 10.6 Å². The molecule has 0 aliphatic rings. The summed E-state index contributed by atoms with van der Waals surface area (Å²) in [7, 11) is 0. The van der Waals surface area contributed by atoms with Crippen LogP contribution in [-0.2, 0) is 4.79 Å². The average Bonchev–Trinajstić information content (AvgIpc) is 2.44. The fraction of sp³-hybridized carbons (Fsp3) is 0.0714. The topological polar surface area (TPSA) is 41.1 Å². The normalized spacial score (nSPS) is 10.3. The van der Waals surface area contributed by atoms with Gasteiger partial charge in [-0.3, -0.25) is 4.79 Å². The molecule has 2 aromatic rings. The summed E-state index contributed by atoms with van der Waals surface area (Å²) in [6.45, 7) is -0.0188. The van der Waals surface area contributed by atoms with Gasteiger partial charge in [-0.15, -0.1) is 0 Å². The first-order chi connectivity index (χ1) is 9.95. The van der Waals surface area contributed by atoms with Crippen molar-refractivity contribution in [3.63, 3.8) is 0 Å². The quantitative estimate of drug-likeness (QED) is 0.831. The number of anilines is 2. The van der Waals surface area contributed by atoms with Gasteiger partial charge in [0.15, 0.2) is 0 Å². The van der Waals surface area contributed by atoms with Gasteiger partial charge in [-0.1, -0.05) is 34.8 Å². The van der Waals surface area contributed by atoms with E-state index in [1.165, 1.54) is 18.2 Å². The molecule has 2 aromatic carbocycles. The minimum absolute atomic E-state index is 0.0188. The van der Waals surface area contributed by atoms with Crippen LogP contribution >= 0.6 is 34.8 Å². The maximum absolute atomic E-state index is 13.0. The Hall–Kier alpha value is -1.49. The van der Waals surface area contributed by atoms with Crippen LogP contribution in [0.3, 0.4) is 0 Å². The Kier molecular flexibility index (Phi) is 5.28. The van der Waals surface area contributed by atoms with E-state index in [-0.39, 0.29) is 17.5 Å². The highest BCUT2D eigenvalue weighted by Crippen LogP contribution is 2.25. The van der Waals surface area contributed by atoms with Gasteiger partial charge >= 0.3 is 0 Å². The van der Waals surface area contributed by atoms with Crippen LogP contribution in [0.4, 0.5) is 15.8 Å². The summed E-state index contributed by atoms with van der Waals surface area (Å²) in [4.78, 5) is 11.8. The molecular weight excluding hydrogens is 338 g/mol. The molecule has 7 heteroatoms. The molecule has 0 saturated heterocycles. The number of benzene rings is 2. The molecular formula is C14H10Cl3FN2O. The Labute approximate surface area is 136 Å². The van der Waals surface area contributed by atoms with Crippen molar-refractivity contribution in [3.05, 3.63) is 57.3 Å². The molecule has 0 heterocycles. The molecule has 0 radical (unpaired) electrons. The molecule has 0 spiro atoms. The second-order valence-corrected chi connectivity index (χ2v) is 5.41. The molecule has 1 amide bonds. The van der Waals surface area contributed by atoms with Crippen LogP contribution in [0.2, 0.25) is 15.1 Å². The van der Waals surface area contributed by atoms with Gasteiger partial charge in [0.2, 0.25) is 5.91 Å². The van der Waals surface area contributed by atoms with Crippen LogP contribution in [-0.4, -0.2) is 12.5 Å². The summed E-state index contributed by atoms with van der Waals surface area (Å²) in [5.41, 5.74) is 0.960. The van der Waals surface area contributed by atoms with Gasteiger partial charge in [-0.05, 0) is 36.4 Å². The molecule has 110 valence electrons. The van der Waals surface area contributed by atoms with Gasteiger partial charge in [0, 0.05) is 10.7 Å². The number of hydrogen-bond donors (Lipinski definition) is 2. The second kappa shape index (κ2) is 6.98. The second-order valence-electron chi connectivity index (χ2n) is 4.15. The monoisotopic (exact) mass is 346 g/mol. The molecule has 0 atom stereocenters. The number of nitrogens with one attached hydrogen (secondary N) is 2. The van der Waals surface area contributed by atoms with Gasteiger partial charge in [0.25, 0.3) is 0 Å². The van der Waals surface area contributed by atoms with Crippen molar-refractivity contribution in [2.75, 3.05) is 17.2 Å². The minimum Gasteiger partial charge on any atom is -0.375 e. The lowest BCUT2D eigenvalue weighted by Crippen LogP contribution is -2.21. The SMILES string of the molecule is O=C(CNc1cc(Cl)ccc1Cl)Nc1ccc(F)c(Cl)c1. The molecule has 0 aliphatic heterocycles. The number of amides is 1. The Balaban J connectivity index is 1.95. The van der Waals surface area contributed by atoms with E-state index >= 15 is 0 Å². The zero-order valence-electron chi connectivity index (χ0n) is 10.6. The van der Waals surface area contributed by atoms with E-state index in [0.29, 0.717) is 21.4 Å². The minimum atomic E-state index is -0.543. The van der Waals surface area contributed by atoms with Gasteiger partial charge in [-0.25, -0.2) is 4.39 Å². The standard InChI is InChI=1S/C14H10Cl3FN2O/c15-8-1-3-10(16)13(5-8)19-7-14(21)20-9-2-4-12(18)11(17)6-9/h1-6,19H,7H2,(H,20,21). The van der Waals surface area contributed by atoms with Crippen molar-refractivity contribution >= 4 is 52.1 Å². The molecule has 0 aromatic heterocycles. The van der Waals surface area contributed by atoms with Crippen LogP contribution in [0.25, 0.3) is 0 Å². The fourth-order valence-electron chi connectivity index (χ4n) is 1.59. The smallest absolute Gasteiger partial charge is 0.243 e. The average molecular weight is 348 g/mol. The van der Waals surface area contributed by atoms with Crippen molar-refractivity contribution in [2.24, 2.45) is 0 Å². The summed E-state index contributed by atoms with van der Waals surface area (Å²) in [6, 6.07) is 8.83. The zero-order valence-corrected chi connectivity index (χ0v) is 12.9. The maximum Gasteiger partial charge on any atom is 0.243 e. The summed E-state index contributed by atoms with van der Waals surface area (Å²) >= 11 is 17.4. The van der Waals surface area contributed by atoms with Crippen molar-refractivity contribution in [2.45, 2.75) is 0 Å². The van der Waals surface area contributed by atoms with Crippen molar-refractivity contribution in [3.8, 4) is 0 Å². The van der Waals surface area contributed by atoms with E-state index in [1.54, 1.807) is 18.2 Å². The van der Waals surface area contributed by atoms with Gasteiger partial charge in [-0.2, -0.15) is 0 Å². The van der Waals surface area contributed by atoms with Crippen molar-refractivity contribution in [1.82, 2.24) is 0 Å². The lowest BCUT2D eigenvalue weighted by Gasteiger charge is -2.10. The van der Waals surface area contributed by atoms with Crippen molar-refractivity contribution < 1.29 is 9.18 Å². The maximum atomic E-state index is 13.0. The first-order valence-corrected chi connectivity index (χ1v) is 7.03. The Morgan fingerprint density at radius 2 is 1.81 bits per heavy atom. The van der Waals surface area contributed by atoms with Gasteiger partial charge in [0.05, 0.1) is 22.3 Å². The molecule has 0 aliphatic carbocycles. The molecule has 21 heavy (non-hydrogen) atoms. The van der Waals surface area contributed by atoms with Gasteiger partial charge in [0.1, 0.15) is 5.82 Å². The fourth-order valence-corrected chi connectivity index (χ4v) is 2.12. The third-order valence-corrected chi connectivity index (χ3v) is 3.43. The summed E-state index contributed by atoms with van der Waals surface area (Å²) < 4.78 is 13.0. The van der Waals surface area contributed by atoms with Crippen LogP contribution in [0, 0.1) is 5.82 Å². The van der Waals surface area contributed by atoms with Crippen LogP contribution in [0.1, 0.15) is 0 Å². The van der Waals surface area contributed by atoms with E-state index in [0.717, 1.165) is 0 Å². The third-order valence-electron chi connectivity index (χ3n) is 2.57. The molecule has 3 nitrogen and oxygen atoms in total. The Morgan fingerprint density at radius 3 is 2.52 bits per heavy atom. The lowest BCUT2D eigenvalue weighted by molar-refractivity contribution is -0.114. The molecule has 0 saturated carbocycles. The van der Waals surface area contributed by atoms with E-state index < -0.39 is 5.82 Å². The largest absolute Gasteiger partial charge is 0.375 e. The number of hydrogen-bond acceptors (Lipinski definition) is 2. The number of rotatable bonds is 4. The summed E-state index contributed by atoms with van der Waals surface area (Å²) in [5, 5.41) is 6.36. The highest BCUT2D eigenvalue weighted by Gasteiger charge is 2.07. The number of halogens is 4. The molecule has 2 rings (SSSR count). The first-order valence-electron chi connectivity index (χ1n) is 5.89.